The summed E-state index contributed by atoms with van der Waals surface area (Å²) in [7, 11) is 6.78. The third kappa shape index (κ3) is 11.2. The zero-order valence-electron chi connectivity index (χ0n) is 29.1. The molecule has 4 unspecified atom stereocenters. The number of nitro groups is 2. The highest BCUT2D eigenvalue weighted by molar-refractivity contribution is 5.91. The summed E-state index contributed by atoms with van der Waals surface area (Å²) in [6.07, 6.45) is -1.12. The Morgan fingerprint density at radius 1 is 0.577 bits per heavy atom. The predicted molar refractivity (Wildman–Crippen MR) is 191 cm³/mol. The summed E-state index contributed by atoms with van der Waals surface area (Å²) in [5.41, 5.74) is 0.999. The van der Waals surface area contributed by atoms with E-state index in [0.717, 1.165) is 12.2 Å². The molecule has 0 aliphatic heterocycles. The van der Waals surface area contributed by atoms with Crippen LogP contribution in [0, 0.1) is 20.2 Å². The number of rotatable bonds is 18. The van der Waals surface area contributed by atoms with Gasteiger partial charge >= 0.3 is 23.3 Å². The second-order valence-corrected chi connectivity index (χ2v) is 12.0. The van der Waals surface area contributed by atoms with Crippen LogP contribution in [0.3, 0.4) is 0 Å². The van der Waals surface area contributed by atoms with Crippen LogP contribution in [0.15, 0.2) is 121 Å². The average molecular weight is 713 g/mol. The van der Waals surface area contributed by atoms with Crippen molar-refractivity contribution in [3.63, 3.8) is 0 Å². The fourth-order valence-electron chi connectivity index (χ4n) is 5.14. The van der Waals surface area contributed by atoms with E-state index in [1.54, 1.807) is 111 Å². The molecule has 0 aliphatic carbocycles. The summed E-state index contributed by atoms with van der Waals surface area (Å²) >= 11 is 0. The molecule has 0 heterocycles. The molecule has 0 aromatic heterocycles. The largest absolute Gasteiger partial charge is 0.478 e. The lowest BCUT2D eigenvalue weighted by atomic mass is 10.0. The van der Waals surface area contributed by atoms with Gasteiger partial charge in [-0.2, -0.15) is 0 Å². The fourth-order valence-corrected chi connectivity index (χ4v) is 5.14. The molecule has 0 aliphatic rings. The predicted octanol–water partition coefficient (Wildman–Crippen LogP) is 6.64. The molecule has 4 aromatic rings. The maximum Gasteiger partial charge on any atom is 0.332 e. The van der Waals surface area contributed by atoms with E-state index in [9.17, 15) is 29.8 Å². The van der Waals surface area contributed by atoms with Gasteiger partial charge < -0.3 is 18.9 Å². The SMILES string of the molecule is CN(C)C(CC(Oc1ccccc1[N+](=O)[O-])c1ccccc1)OC(=O)/C=C/C(=O)OC(CC(Oc1ccccc1[N+](=O)[O-])c1ccccc1)N(C)C. The number of para-hydroxylation sites is 4. The quantitative estimate of drug-likeness (QED) is 0.0356. The first-order valence-electron chi connectivity index (χ1n) is 16.2. The normalized spacial score (nSPS) is 13.6. The molecular formula is C38H40N4O10. The Hall–Kier alpha value is -6.12. The van der Waals surface area contributed by atoms with Gasteiger partial charge in [-0.15, -0.1) is 0 Å². The molecule has 52 heavy (non-hydrogen) atoms. The van der Waals surface area contributed by atoms with E-state index < -0.39 is 46.4 Å². The van der Waals surface area contributed by atoms with Gasteiger partial charge in [-0.1, -0.05) is 84.9 Å². The summed E-state index contributed by atoms with van der Waals surface area (Å²) in [5.74, 6) is -1.55. The minimum absolute atomic E-state index is 0.0603. The highest BCUT2D eigenvalue weighted by atomic mass is 16.6. The Morgan fingerprint density at radius 2 is 0.904 bits per heavy atom. The van der Waals surface area contributed by atoms with Gasteiger partial charge in [0, 0.05) is 37.1 Å². The molecule has 0 radical (unpaired) electrons. The minimum atomic E-state index is -0.860. The number of hydrogen-bond acceptors (Lipinski definition) is 12. The van der Waals surface area contributed by atoms with E-state index in [2.05, 4.69) is 0 Å². The minimum Gasteiger partial charge on any atom is -0.478 e. The van der Waals surface area contributed by atoms with Crippen molar-refractivity contribution in [1.82, 2.24) is 9.80 Å². The smallest absolute Gasteiger partial charge is 0.332 e. The molecular weight excluding hydrogens is 672 g/mol. The van der Waals surface area contributed by atoms with E-state index in [1.807, 2.05) is 12.1 Å². The van der Waals surface area contributed by atoms with Gasteiger partial charge in [0.1, 0.15) is 12.2 Å². The van der Waals surface area contributed by atoms with Gasteiger partial charge in [-0.3, -0.25) is 30.0 Å². The molecule has 0 saturated carbocycles. The van der Waals surface area contributed by atoms with Crippen molar-refractivity contribution in [2.24, 2.45) is 0 Å². The fraction of sp³-hybridized carbons (Fsp3) is 0.263. The zero-order chi connectivity index (χ0) is 37.6. The Labute approximate surface area is 301 Å². The molecule has 4 aromatic carbocycles. The summed E-state index contributed by atoms with van der Waals surface area (Å²) in [6.45, 7) is 0. The van der Waals surface area contributed by atoms with Crippen molar-refractivity contribution in [2.45, 2.75) is 37.5 Å². The van der Waals surface area contributed by atoms with Crippen LogP contribution in [0.4, 0.5) is 11.4 Å². The lowest BCUT2D eigenvalue weighted by molar-refractivity contribution is -0.386. The van der Waals surface area contributed by atoms with Crippen LogP contribution >= 0.6 is 0 Å². The van der Waals surface area contributed by atoms with E-state index in [0.29, 0.717) is 11.1 Å². The molecule has 272 valence electrons. The van der Waals surface area contributed by atoms with Crippen LogP contribution in [0.5, 0.6) is 11.5 Å². The monoisotopic (exact) mass is 712 g/mol. The molecule has 14 heteroatoms. The van der Waals surface area contributed by atoms with Crippen LogP contribution in [-0.2, 0) is 19.1 Å². The third-order valence-corrected chi connectivity index (χ3v) is 7.85. The third-order valence-electron chi connectivity index (χ3n) is 7.85. The molecule has 14 nitrogen and oxygen atoms in total. The van der Waals surface area contributed by atoms with Crippen molar-refractivity contribution < 1.29 is 38.4 Å². The van der Waals surface area contributed by atoms with Crippen molar-refractivity contribution in [3.8, 4) is 11.5 Å². The molecule has 0 bridgehead atoms. The first-order valence-corrected chi connectivity index (χ1v) is 16.2. The zero-order valence-corrected chi connectivity index (χ0v) is 29.1. The number of carbonyl (C=O) groups is 2. The van der Waals surface area contributed by atoms with Crippen LogP contribution in [0.1, 0.15) is 36.2 Å². The van der Waals surface area contributed by atoms with Crippen molar-refractivity contribution in [2.75, 3.05) is 28.2 Å². The Bertz CT molecular complexity index is 1700. The molecule has 4 atom stereocenters. The summed E-state index contributed by atoms with van der Waals surface area (Å²) in [4.78, 5) is 51.5. The van der Waals surface area contributed by atoms with Gasteiger partial charge in [-0.05, 0) is 51.5 Å². The molecule has 0 N–H and O–H groups in total. The topological polar surface area (TPSA) is 164 Å². The number of nitro benzene ring substituents is 2. The van der Waals surface area contributed by atoms with Crippen LogP contribution in [-0.4, -0.2) is 72.2 Å². The van der Waals surface area contributed by atoms with Crippen molar-refractivity contribution >= 4 is 23.3 Å². The molecule has 0 saturated heterocycles. The number of carbonyl (C=O) groups excluding carboxylic acids is 2. The average Bonchev–Trinajstić information content (AvgIpc) is 3.13. The summed E-state index contributed by atoms with van der Waals surface area (Å²) in [6, 6.07) is 30.1. The van der Waals surface area contributed by atoms with Gasteiger partial charge in [0.15, 0.2) is 24.0 Å². The van der Waals surface area contributed by atoms with Gasteiger partial charge in [-0.25, -0.2) is 9.59 Å². The maximum absolute atomic E-state index is 13.0. The molecule has 4 rings (SSSR count). The number of nitrogens with zero attached hydrogens (tertiary/aromatic N) is 4. The highest BCUT2D eigenvalue weighted by Crippen LogP contribution is 2.35. The van der Waals surface area contributed by atoms with E-state index in [4.69, 9.17) is 18.9 Å². The van der Waals surface area contributed by atoms with Crippen LogP contribution < -0.4 is 9.47 Å². The Balaban J connectivity index is 1.46. The van der Waals surface area contributed by atoms with Crippen molar-refractivity contribution in [3.05, 3.63) is 153 Å². The van der Waals surface area contributed by atoms with Gasteiger partial charge in [0.2, 0.25) is 0 Å². The highest BCUT2D eigenvalue weighted by Gasteiger charge is 2.28. The number of benzene rings is 4. The van der Waals surface area contributed by atoms with E-state index >= 15 is 0 Å². The lowest BCUT2D eigenvalue weighted by Gasteiger charge is -2.29. The van der Waals surface area contributed by atoms with Crippen LogP contribution in [0.25, 0.3) is 0 Å². The maximum atomic E-state index is 13.0. The summed E-state index contributed by atoms with van der Waals surface area (Å²) < 4.78 is 23.7. The molecule has 0 spiro atoms. The van der Waals surface area contributed by atoms with E-state index in [1.165, 1.54) is 24.3 Å². The van der Waals surface area contributed by atoms with Crippen LogP contribution in [0.2, 0.25) is 0 Å². The second-order valence-electron chi connectivity index (χ2n) is 12.0. The Morgan fingerprint density at radius 3 is 1.23 bits per heavy atom. The Kier molecular flexibility index (Phi) is 13.9. The molecule has 0 amide bonds. The van der Waals surface area contributed by atoms with Crippen molar-refractivity contribution in [1.29, 1.82) is 0 Å². The van der Waals surface area contributed by atoms with E-state index in [-0.39, 0.29) is 35.7 Å². The number of esters is 2. The first kappa shape index (κ1) is 38.7. The molecule has 0 fully saturated rings. The summed E-state index contributed by atoms with van der Waals surface area (Å²) in [5, 5.41) is 23.3. The van der Waals surface area contributed by atoms with Gasteiger partial charge in [0.25, 0.3) is 0 Å². The standard InChI is InChI=1S/C38H40N4O10/c1-39(2)35(25-33(27-15-7-5-8-16-27)49-31-21-13-11-19-29(31)41(45)46)51-37(43)23-24-38(44)52-36(40(3)4)26-34(28-17-9-6-10-18-28)50-32-22-14-12-20-30(32)42(47)48/h5-24,33-36H,25-26H2,1-4H3/b24-23+. The lowest BCUT2D eigenvalue weighted by Crippen LogP contribution is -2.35. The number of ether oxygens (including phenoxy) is 4. The first-order chi connectivity index (χ1) is 24.9. The van der Waals surface area contributed by atoms with Gasteiger partial charge in [0.05, 0.1) is 9.85 Å². The second kappa shape index (κ2) is 18.8. The number of hydrogen-bond donors (Lipinski definition) is 0.